The summed E-state index contributed by atoms with van der Waals surface area (Å²) in [6, 6.07) is 0. The lowest BCUT2D eigenvalue weighted by Crippen LogP contribution is -2.25. The summed E-state index contributed by atoms with van der Waals surface area (Å²) in [5, 5.41) is 0. The summed E-state index contributed by atoms with van der Waals surface area (Å²) in [7, 11) is 0. The lowest BCUT2D eigenvalue weighted by atomic mass is 9.71. The molecule has 1 saturated carbocycles. The second-order valence-corrected chi connectivity index (χ2v) is 4.95. The fourth-order valence-corrected chi connectivity index (χ4v) is 2.32. The van der Waals surface area contributed by atoms with Crippen molar-refractivity contribution in [2.24, 2.45) is 11.3 Å². The van der Waals surface area contributed by atoms with Gasteiger partial charge in [0.2, 0.25) is 0 Å². The van der Waals surface area contributed by atoms with Gasteiger partial charge in [-0.15, -0.1) is 0 Å². The molecule has 0 aromatic heterocycles. The molecule has 1 nitrogen and oxygen atoms in total. The minimum absolute atomic E-state index is 0.460. The van der Waals surface area contributed by atoms with Crippen LogP contribution in [-0.2, 0) is 4.79 Å². The second kappa shape index (κ2) is 3.59. The summed E-state index contributed by atoms with van der Waals surface area (Å²) in [6.07, 6.45) is 5.15. The number of ketones is 1. The highest BCUT2D eigenvalue weighted by molar-refractivity contribution is 5.79. The molecule has 1 aliphatic carbocycles. The summed E-state index contributed by atoms with van der Waals surface area (Å²) < 4.78 is 0. The monoisotopic (exact) mass is 168 g/mol. The molecule has 0 aromatic rings. The van der Waals surface area contributed by atoms with Gasteiger partial charge in [0.25, 0.3) is 0 Å². The molecule has 0 bridgehead atoms. The van der Waals surface area contributed by atoms with Crippen LogP contribution in [0.1, 0.15) is 52.9 Å². The maximum Gasteiger partial charge on any atom is 0.132 e. The molecule has 0 aliphatic heterocycles. The van der Waals surface area contributed by atoms with Gasteiger partial charge in [0, 0.05) is 12.8 Å². The van der Waals surface area contributed by atoms with Crippen molar-refractivity contribution in [3.8, 4) is 0 Å². The number of hydrogen-bond acceptors (Lipinski definition) is 1. The third kappa shape index (κ3) is 2.62. The quantitative estimate of drug-likeness (QED) is 0.619. The van der Waals surface area contributed by atoms with Crippen molar-refractivity contribution in [3.63, 3.8) is 0 Å². The van der Waals surface area contributed by atoms with Gasteiger partial charge in [-0.1, -0.05) is 20.8 Å². The molecule has 0 N–H and O–H groups in total. The van der Waals surface area contributed by atoms with Gasteiger partial charge in [-0.2, -0.15) is 0 Å². The summed E-state index contributed by atoms with van der Waals surface area (Å²) in [5.41, 5.74) is 0.460. The van der Waals surface area contributed by atoms with E-state index in [0.29, 0.717) is 11.2 Å². The van der Waals surface area contributed by atoms with Crippen LogP contribution >= 0.6 is 0 Å². The minimum Gasteiger partial charge on any atom is -0.300 e. The van der Waals surface area contributed by atoms with E-state index in [0.717, 1.165) is 31.6 Å². The van der Waals surface area contributed by atoms with E-state index < -0.39 is 0 Å². The summed E-state index contributed by atoms with van der Waals surface area (Å²) in [5.74, 6) is 1.24. The van der Waals surface area contributed by atoms with Crippen molar-refractivity contribution in [3.05, 3.63) is 0 Å². The van der Waals surface area contributed by atoms with E-state index in [4.69, 9.17) is 0 Å². The molecule has 0 aromatic carbocycles. The molecule has 0 unspecified atom stereocenters. The van der Waals surface area contributed by atoms with Crippen LogP contribution in [0.4, 0.5) is 0 Å². The molecule has 70 valence electrons. The first-order chi connectivity index (χ1) is 5.52. The molecule has 1 rings (SSSR count). The molecule has 1 fully saturated rings. The van der Waals surface area contributed by atoms with E-state index in [1.165, 1.54) is 6.42 Å². The zero-order chi connectivity index (χ0) is 9.19. The molecule has 0 radical (unpaired) electrons. The first kappa shape index (κ1) is 9.76. The van der Waals surface area contributed by atoms with E-state index in [1.807, 2.05) is 0 Å². The van der Waals surface area contributed by atoms with Gasteiger partial charge in [-0.05, 0) is 30.6 Å². The molecule has 0 amide bonds. The molecule has 0 saturated heterocycles. The fourth-order valence-electron chi connectivity index (χ4n) is 2.32. The lowest BCUT2D eigenvalue weighted by molar-refractivity contribution is -0.122. The Balaban J connectivity index is 2.44. The van der Waals surface area contributed by atoms with Crippen molar-refractivity contribution in [2.75, 3.05) is 0 Å². The Bertz CT molecular complexity index is 160. The highest BCUT2D eigenvalue weighted by Crippen LogP contribution is 2.39. The van der Waals surface area contributed by atoms with E-state index in [1.54, 1.807) is 0 Å². The average molecular weight is 168 g/mol. The Hall–Kier alpha value is -0.330. The van der Waals surface area contributed by atoms with E-state index in [9.17, 15) is 4.79 Å². The summed E-state index contributed by atoms with van der Waals surface area (Å²) in [6.45, 7) is 6.86. The van der Waals surface area contributed by atoms with E-state index in [2.05, 4.69) is 20.8 Å². The number of carbonyl (C=O) groups excluding carboxylic acids is 1. The van der Waals surface area contributed by atoms with Gasteiger partial charge in [0.1, 0.15) is 5.78 Å². The van der Waals surface area contributed by atoms with Crippen LogP contribution in [0, 0.1) is 11.3 Å². The summed E-state index contributed by atoms with van der Waals surface area (Å²) in [4.78, 5) is 11.0. The SMILES string of the molecule is CC(C)CC1(C)CCC(=O)CC1. The lowest BCUT2D eigenvalue weighted by Gasteiger charge is -2.34. The second-order valence-electron chi connectivity index (χ2n) is 4.95. The molecule has 0 spiro atoms. The number of carbonyl (C=O) groups is 1. The van der Waals surface area contributed by atoms with Gasteiger partial charge < -0.3 is 0 Å². The summed E-state index contributed by atoms with van der Waals surface area (Å²) >= 11 is 0. The van der Waals surface area contributed by atoms with Gasteiger partial charge >= 0.3 is 0 Å². The molecule has 0 heterocycles. The standard InChI is InChI=1S/C11H20O/c1-9(2)8-11(3)6-4-10(12)5-7-11/h9H,4-8H2,1-3H3. The van der Waals surface area contributed by atoms with Crippen LogP contribution in [0.3, 0.4) is 0 Å². The van der Waals surface area contributed by atoms with Gasteiger partial charge in [0.05, 0.1) is 0 Å². The molecular formula is C11H20O. The molecule has 12 heavy (non-hydrogen) atoms. The Morgan fingerprint density at radius 1 is 1.33 bits per heavy atom. The Morgan fingerprint density at radius 3 is 2.25 bits per heavy atom. The maximum atomic E-state index is 11.0. The first-order valence-corrected chi connectivity index (χ1v) is 5.03. The van der Waals surface area contributed by atoms with Crippen LogP contribution in [0.15, 0.2) is 0 Å². The fraction of sp³-hybridized carbons (Fsp3) is 0.909. The molecule has 1 heteroatoms. The van der Waals surface area contributed by atoms with Crippen molar-refractivity contribution in [1.82, 2.24) is 0 Å². The van der Waals surface area contributed by atoms with Crippen LogP contribution in [0.2, 0.25) is 0 Å². The number of rotatable bonds is 2. The van der Waals surface area contributed by atoms with Crippen molar-refractivity contribution < 1.29 is 4.79 Å². The topological polar surface area (TPSA) is 17.1 Å². The van der Waals surface area contributed by atoms with Gasteiger partial charge in [-0.25, -0.2) is 0 Å². The first-order valence-electron chi connectivity index (χ1n) is 5.03. The molecule has 1 aliphatic rings. The van der Waals surface area contributed by atoms with Crippen LogP contribution < -0.4 is 0 Å². The van der Waals surface area contributed by atoms with Crippen LogP contribution in [0.25, 0.3) is 0 Å². The number of Topliss-reactive ketones (excluding diaryl/α,β-unsaturated/α-hetero) is 1. The smallest absolute Gasteiger partial charge is 0.132 e. The van der Waals surface area contributed by atoms with Crippen molar-refractivity contribution in [1.29, 1.82) is 0 Å². The third-order valence-corrected chi connectivity index (χ3v) is 2.92. The third-order valence-electron chi connectivity index (χ3n) is 2.92. The normalized spacial score (nSPS) is 23.2. The average Bonchev–Trinajstić information content (AvgIpc) is 1.94. The molecule has 0 atom stereocenters. The van der Waals surface area contributed by atoms with E-state index in [-0.39, 0.29) is 0 Å². The Kier molecular flexibility index (Phi) is 2.92. The number of hydrogen-bond donors (Lipinski definition) is 0. The van der Waals surface area contributed by atoms with Crippen LogP contribution in [-0.4, -0.2) is 5.78 Å². The Morgan fingerprint density at radius 2 is 1.83 bits per heavy atom. The molecular weight excluding hydrogens is 148 g/mol. The van der Waals surface area contributed by atoms with Gasteiger partial charge in [-0.3, -0.25) is 4.79 Å². The highest BCUT2D eigenvalue weighted by atomic mass is 16.1. The highest BCUT2D eigenvalue weighted by Gasteiger charge is 2.30. The maximum absolute atomic E-state index is 11.0. The van der Waals surface area contributed by atoms with Gasteiger partial charge in [0.15, 0.2) is 0 Å². The Labute approximate surface area is 75.5 Å². The zero-order valence-electron chi connectivity index (χ0n) is 8.52. The predicted octanol–water partition coefficient (Wildman–Crippen LogP) is 3.18. The zero-order valence-corrected chi connectivity index (χ0v) is 8.52. The largest absolute Gasteiger partial charge is 0.300 e. The predicted molar refractivity (Wildman–Crippen MR) is 51.0 cm³/mol. The van der Waals surface area contributed by atoms with E-state index >= 15 is 0 Å². The van der Waals surface area contributed by atoms with Crippen LogP contribution in [0.5, 0.6) is 0 Å². The van der Waals surface area contributed by atoms with Crippen molar-refractivity contribution >= 4 is 5.78 Å². The van der Waals surface area contributed by atoms with Crippen molar-refractivity contribution in [2.45, 2.75) is 52.9 Å². The minimum atomic E-state index is 0.460.